The number of hydrogen-bond acceptors (Lipinski definition) is 3. The van der Waals surface area contributed by atoms with Gasteiger partial charge in [-0.05, 0) is 36.8 Å². The van der Waals surface area contributed by atoms with Crippen LogP contribution in [0.15, 0.2) is 48.5 Å². The predicted molar refractivity (Wildman–Crippen MR) is 106 cm³/mol. The number of carbonyl (C=O) groups is 2. The Bertz CT molecular complexity index is 1010. The van der Waals surface area contributed by atoms with Gasteiger partial charge in [-0.3, -0.25) is 9.59 Å². The van der Waals surface area contributed by atoms with Gasteiger partial charge in [0.15, 0.2) is 6.61 Å². The van der Waals surface area contributed by atoms with Crippen molar-refractivity contribution in [2.45, 2.75) is 6.92 Å². The van der Waals surface area contributed by atoms with E-state index in [0.29, 0.717) is 17.1 Å². The van der Waals surface area contributed by atoms with Crippen molar-refractivity contribution in [2.24, 2.45) is 7.05 Å². The fraction of sp³-hybridized carbons (Fsp3) is 0.238. The van der Waals surface area contributed by atoms with Crippen LogP contribution in [0.2, 0.25) is 0 Å². The van der Waals surface area contributed by atoms with Crippen LogP contribution < -0.4 is 10.1 Å². The first-order chi connectivity index (χ1) is 12.9. The molecular formula is C21H23N3O3. The zero-order chi connectivity index (χ0) is 19.6. The fourth-order valence-corrected chi connectivity index (χ4v) is 2.81. The number of nitrogens with one attached hydrogen (secondary N) is 1. The van der Waals surface area contributed by atoms with Gasteiger partial charge >= 0.3 is 0 Å². The summed E-state index contributed by atoms with van der Waals surface area (Å²) in [5.41, 5.74) is 3.04. The van der Waals surface area contributed by atoms with Gasteiger partial charge < -0.3 is 19.5 Å². The van der Waals surface area contributed by atoms with Gasteiger partial charge in [-0.2, -0.15) is 0 Å². The number of fused-ring (bicyclic) bond motifs is 1. The van der Waals surface area contributed by atoms with E-state index in [1.165, 1.54) is 4.90 Å². The first-order valence-electron chi connectivity index (χ1n) is 8.66. The molecule has 0 aliphatic heterocycles. The molecule has 0 radical (unpaired) electrons. The first-order valence-corrected chi connectivity index (χ1v) is 8.66. The molecule has 2 aromatic carbocycles. The summed E-state index contributed by atoms with van der Waals surface area (Å²) in [5, 5.41) is 3.90. The summed E-state index contributed by atoms with van der Waals surface area (Å²) in [5.74, 6) is 0.0844. The van der Waals surface area contributed by atoms with Gasteiger partial charge in [0.2, 0.25) is 0 Å². The Morgan fingerprint density at radius 3 is 2.56 bits per heavy atom. The van der Waals surface area contributed by atoms with Gasteiger partial charge in [-0.25, -0.2) is 0 Å². The number of nitrogens with zero attached hydrogens (tertiary/aromatic N) is 2. The van der Waals surface area contributed by atoms with Crippen molar-refractivity contribution in [1.82, 2.24) is 9.47 Å². The number of hydrogen-bond donors (Lipinski definition) is 1. The van der Waals surface area contributed by atoms with E-state index in [1.54, 1.807) is 26.2 Å². The molecule has 140 valence electrons. The van der Waals surface area contributed by atoms with Crippen molar-refractivity contribution in [2.75, 3.05) is 26.0 Å². The molecule has 1 aromatic heterocycles. The number of para-hydroxylation sites is 1. The summed E-state index contributed by atoms with van der Waals surface area (Å²) in [6.07, 6.45) is 0. The lowest BCUT2D eigenvalue weighted by Crippen LogP contribution is -2.27. The zero-order valence-corrected chi connectivity index (χ0v) is 15.9. The molecule has 0 aliphatic carbocycles. The quantitative estimate of drug-likeness (QED) is 0.755. The van der Waals surface area contributed by atoms with Crippen LogP contribution in [0.1, 0.15) is 16.1 Å². The standard InChI is InChI=1S/C21H23N3O3/c1-14-9-10-16(19(11-14)27-13-20(25)23(2)3)22-21(26)18-12-15-7-5-6-8-17(15)24(18)4/h5-12H,13H2,1-4H3,(H,22,26). The summed E-state index contributed by atoms with van der Waals surface area (Å²) in [7, 11) is 5.20. The van der Waals surface area contributed by atoms with Crippen LogP contribution in [-0.4, -0.2) is 42.0 Å². The van der Waals surface area contributed by atoms with Crippen molar-refractivity contribution in [1.29, 1.82) is 0 Å². The van der Waals surface area contributed by atoms with Crippen LogP contribution in [0.3, 0.4) is 0 Å². The molecule has 0 aliphatic rings. The molecule has 6 heteroatoms. The molecule has 0 spiro atoms. The fourth-order valence-electron chi connectivity index (χ4n) is 2.81. The summed E-state index contributed by atoms with van der Waals surface area (Å²) in [6.45, 7) is 1.84. The van der Waals surface area contributed by atoms with Crippen molar-refractivity contribution < 1.29 is 14.3 Å². The van der Waals surface area contributed by atoms with E-state index in [0.717, 1.165) is 16.5 Å². The number of amides is 2. The van der Waals surface area contributed by atoms with E-state index in [-0.39, 0.29) is 18.4 Å². The molecule has 0 saturated carbocycles. The Hall–Kier alpha value is -3.28. The second kappa shape index (κ2) is 7.53. The maximum atomic E-state index is 12.8. The lowest BCUT2D eigenvalue weighted by molar-refractivity contribution is -0.130. The minimum atomic E-state index is -0.235. The van der Waals surface area contributed by atoms with E-state index < -0.39 is 0 Å². The Labute approximate surface area is 158 Å². The SMILES string of the molecule is Cc1ccc(NC(=O)c2cc3ccccc3n2C)c(OCC(=O)N(C)C)c1. The number of aromatic nitrogens is 1. The number of likely N-dealkylation sites (N-methyl/N-ethyl adjacent to an activating group) is 1. The van der Waals surface area contributed by atoms with Crippen LogP contribution in [0.5, 0.6) is 5.75 Å². The minimum Gasteiger partial charge on any atom is -0.482 e. The molecular weight excluding hydrogens is 342 g/mol. The largest absolute Gasteiger partial charge is 0.482 e. The Kier molecular flexibility index (Phi) is 5.16. The molecule has 0 bridgehead atoms. The molecule has 27 heavy (non-hydrogen) atoms. The van der Waals surface area contributed by atoms with Crippen LogP contribution in [0.4, 0.5) is 5.69 Å². The smallest absolute Gasteiger partial charge is 0.272 e. The normalized spacial score (nSPS) is 10.7. The highest BCUT2D eigenvalue weighted by molar-refractivity contribution is 6.07. The van der Waals surface area contributed by atoms with Gasteiger partial charge in [0.1, 0.15) is 11.4 Å². The molecule has 1 heterocycles. The van der Waals surface area contributed by atoms with Crippen LogP contribution in [-0.2, 0) is 11.8 Å². The number of rotatable bonds is 5. The van der Waals surface area contributed by atoms with E-state index in [2.05, 4.69) is 5.32 Å². The second-order valence-electron chi connectivity index (χ2n) is 6.68. The molecule has 1 N–H and O–H groups in total. The number of ether oxygens (including phenoxy) is 1. The molecule has 6 nitrogen and oxygen atoms in total. The number of carbonyl (C=O) groups excluding carboxylic acids is 2. The highest BCUT2D eigenvalue weighted by Gasteiger charge is 2.16. The summed E-state index contributed by atoms with van der Waals surface area (Å²) < 4.78 is 7.51. The molecule has 0 atom stereocenters. The highest BCUT2D eigenvalue weighted by Crippen LogP contribution is 2.27. The van der Waals surface area contributed by atoms with Crippen molar-refractivity contribution >= 4 is 28.4 Å². The van der Waals surface area contributed by atoms with Crippen LogP contribution in [0, 0.1) is 6.92 Å². The number of benzene rings is 2. The first kappa shape index (κ1) is 18.5. The van der Waals surface area contributed by atoms with Gasteiger partial charge in [0.25, 0.3) is 11.8 Å². The third-order valence-corrected chi connectivity index (χ3v) is 4.42. The predicted octanol–water partition coefficient (Wildman–Crippen LogP) is 3.21. The summed E-state index contributed by atoms with van der Waals surface area (Å²) >= 11 is 0. The van der Waals surface area contributed by atoms with Gasteiger partial charge in [0.05, 0.1) is 5.69 Å². The monoisotopic (exact) mass is 365 g/mol. The average molecular weight is 365 g/mol. The van der Waals surface area contributed by atoms with E-state index >= 15 is 0 Å². The number of aryl methyl sites for hydroxylation is 2. The molecule has 0 unspecified atom stereocenters. The maximum Gasteiger partial charge on any atom is 0.272 e. The number of anilines is 1. The van der Waals surface area contributed by atoms with Crippen molar-refractivity contribution in [3.8, 4) is 5.75 Å². The van der Waals surface area contributed by atoms with Crippen molar-refractivity contribution in [3.63, 3.8) is 0 Å². The second-order valence-corrected chi connectivity index (χ2v) is 6.68. The summed E-state index contributed by atoms with van der Waals surface area (Å²) in [4.78, 5) is 26.1. The van der Waals surface area contributed by atoms with Crippen molar-refractivity contribution in [3.05, 3.63) is 59.8 Å². The molecule has 3 aromatic rings. The average Bonchev–Trinajstić information content (AvgIpc) is 2.98. The molecule has 0 fully saturated rings. The molecule has 0 saturated heterocycles. The third kappa shape index (κ3) is 3.95. The van der Waals surface area contributed by atoms with E-state index in [4.69, 9.17) is 4.74 Å². The lowest BCUT2D eigenvalue weighted by Gasteiger charge is -2.15. The lowest BCUT2D eigenvalue weighted by atomic mass is 10.2. The van der Waals surface area contributed by atoms with E-state index in [9.17, 15) is 9.59 Å². The van der Waals surface area contributed by atoms with Gasteiger partial charge in [-0.1, -0.05) is 24.3 Å². The van der Waals surface area contributed by atoms with E-state index in [1.807, 2.05) is 54.9 Å². The molecule has 3 rings (SSSR count). The Morgan fingerprint density at radius 2 is 1.85 bits per heavy atom. The van der Waals surface area contributed by atoms with Crippen LogP contribution >= 0.6 is 0 Å². The topological polar surface area (TPSA) is 63.6 Å². The third-order valence-electron chi connectivity index (χ3n) is 4.42. The van der Waals surface area contributed by atoms with Gasteiger partial charge in [0, 0.05) is 32.0 Å². The summed E-state index contributed by atoms with van der Waals surface area (Å²) in [6, 6.07) is 15.2. The van der Waals surface area contributed by atoms with Gasteiger partial charge in [-0.15, -0.1) is 0 Å². The zero-order valence-electron chi connectivity index (χ0n) is 15.9. The minimum absolute atomic E-state index is 0.0899. The van der Waals surface area contributed by atoms with Crippen LogP contribution in [0.25, 0.3) is 10.9 Å². The molecule has 2 amide bonds. The Balaban J connectivity index is 1.84. The Morgan fingerprint density at radius 1 is 1.11 bits per heavy atom. The maximum absolute atomic E-state index is 12.8. The highest BCUT2D eigenvalue weighted by atomic mass is 16.5.